The van der Waals surface area contributed by atoms with Crippen LogP contribution in [0.4, 0.5) is 0 Å². The molecule has 1 heterocycles. The minimum Gasteiger partial charge on any atom is -0.291 e. The molecule has 3 heteroatoms. The van der Waals surface area contributed by atoms with Crippen LogP contribution in [0.2, 0.25) is 0 Å². The quantitative estimate of drug-likeness (QED) is 0.644. The van der Waals surface area contributed by atoms with Crippen LogP contribution < -0.4 is 0 Å². The summed E-state index contributed by atoms with van der Waals surface area (Å²) in [6, 6.07) is 2.51. The molecule has 1 aliphatic rings. The summed E-state index contributed by atoms with van der Waals surface area (Å²) in [7, 11) is 4.02. The lowest BCUT2D eigenvalue weighted by Crippen LogP contribution is -2.58. The fourth-order valence-electron chi connectivity index (χ4n) is 1.97. The summed E-state index contributed by atoms with van der Waals surface area (Å²) in [6.45, 7) is 4.41. The summed E-state index contributed by atoms with van der Waals surface area (Å²) < 4.78 is 0. The summed E-state index contributed by atoms with van der Waals surface area (Å²) in [5.74, 6) is 2.12. The Bertz CT molecular complexity index is 230. The normalized spacial score (nSPS) is 32.9. The van der Waals surface area contributed by atoms with Crippen molar-refractivity contribution < 1.29 is 0 Å². The molecule has 0 spiro atoms. The zero-order valence-corrected chi connectivity index (χ0v) is 9.74. The topological polar surface area (TPSA) is 27.0 Å². The summed E-state index contributed by atoms with van der Waals surface area (Å²) >= 11 is 1.89. The van der Waals surface area contributed by atoms with Gasteiger partial charge in [-0.25, -0.2) is 0 Å². The second-order valence-corrected chi connectivity index (χ2v) is 5.66. The Balaban J connectivity index is 3.02. The Morgan fingerprint density at radius 2 is 2.00 bits per heavy atom. The van der Waals surface area contributed by atoms with E-state index in [0.29, 0.717) is 0 Å². The Morgan fingerprint density at radius 3 is 2.31 bits per heavy atom. The van der Waals surface area contributed by atoms with Gasteiger partial charge < -0.3 is 0 Å². The highest BCUT2D eigenvalue weighted by molar-refractivity contribution is 7.99. The van der Waals surface area contributed by atoms with Crippen LogP contribution in [0.5, 0.6) is 0 Å². The average Bonchev–Trinajstić information content (AvgIpc) is 2.03. The fraction of sp³-hybridized carbons (Fsp3) is 0.900. The zero-order valence-electron chi connectivity index (χ0n) is 8.92. The standard InChI is InChI=1S/C10H18N2S/c1-9(2)5-6-13-8-10(9,7-11)12(3)4/h5-6,8H2,1-4H3. The molecule has 74 valence electrons. The van der Waals surface area contributed by atoms with E-state index in [9.17, 15) is 5.26 Å². The predicted octanol–water partition coefficient (Wildman–Crippen LogP) is 1.97. The van der Waals surface area contributed by atoms with Crippen molar-refractivity contribution in [3.63, 3.8) is 0 Å². The average molecular weight is 198 g/mol. The highest BCUT2D eigenvalue weighted by Gasteiger charge is 2.49. The molecule has 0 N–H and O–H groups in total. The first-order chi connectivity index (χ1) is 5.96. The van der Waals surface area contributed by atoms with Crippen molar-refractivity contribution >= 4 is 11.8 Å². The van der Waals surface area contributed by atoms with Crippen LogP contribution in [0.1, 0.15) is 20.3 Å². The first kappa shape index (κ1) is 10.9. The number of nitriles is 1. The maximum Gasteiger partial charge on any atom is 0.123 e. The Labute approximate surface area is 85.3 Å². The van der Waals surface area contributed by atoms with Crippen LogP contribution in [0.3, 0.4) is 0 Å². The van der Waals surface area contributed by atoms with Crippen LogP contribution in [0.25, 0.3) is 0 Å². The summed E-state index contributed by atoms with van der Waals surface area (Å²) in [5.41, 5.74) is -0.174. The van der Waals surface area contributed by atoms with E-state index >= 15 is 0 Å². The molecule has 0 amide bonds. The third-order valence-electron chi connectivity index (χ3n) is 3.25. The Morgan fingerprint density at radius 1 is 1.38 bits per heavy atom. The van der Waals surface area contributed by atoms with Crippen molar-refractivity contribution in [1.82, 2.24) is 4.90 Å². The van der Waals surface area contributed by atoms with Gasteiger partial charge >= 0.3 is 0 Å². The molecule has 1 atom stereocenters. The highest BCUT2D eigenvalue weighted by Crippen LogP contribution is 2.44. The van der Waals surface area contributed by atoms with Crippen molar-refractivity contribution in [1.29, 1.82) is 5.26 Å². The fourth-order valence-corrected chi connectivity index (χ4v) is 3.78. The Hall–Kier alpha value is -0.200. The van der Waals surface area contributed by atoms with Crippen molar-refractivity contribution in [2.75, 3.05) is 25.6 Å². The van der Waals surface area contributed by atoms with Crippen LogP contribution in [-0.2, 0) is 0 Å². The first-order valence-corrected chi connectivity index (χ1v) is 5.78. The molecule has 0 saturated carbocycles. The second kappa shape index (κ2) is 3.51. The second-order valence-electron chi connectivity index (χ2n) is 4.55. The highest BCUT2D eigenvalue weighted by atomic mass is 32.2. The lowest BCUT2D eigenvalue weighted by Gasteiger charge is -2.49. The number of thioether (sulfide) groups is 1. The van der Waals surface area contributed by atoms with Gasteiger partial charge in [-0.3, -0.25) is 4.90 Å². The van der Waals surface area contributed by atoms with Gasteiger partial charge in [-0.05, 0) is 31.7 Å². The predicted molar refractivity (Wildman–Crippen MR) is 57.8 cm³/mol. The van der Waals surface area contributed by atoms with Gasteiger partial charge in [0, 0.05) is 5.75 Å². The molecule has 1 saturated heterocycles. The van der Waals surface area contributed by atoms with E-state index in [4.69, 9.17) is 0 Å². The number of rotatable bonds is 1. The number of hydrogen-bond acceptors (Lipinski definition) is 3. The van der Waals surface area contributed by atoms with E-state index < -0.39 is 0 Å². The van der Waals surface area contributed by atoms with Gasteiger partial charge in [0.05, 0.1) is 6.07 Å². The maximum atomic E-state index is 9.34. The molecule has 0 aliphatic carbocycles. The minimum atomic E-state index is -0.282. The smallest absolute Gasteiger partial charge is 0.123 e. The van der Waals surface area contributed by atoms with Crippen molar-refractivity contribution in [3.05, 3.63) is 0 Å². The van der Waals surface area contributed by atoms with E-state index in [1.165, 1.54) is 5.75 Å². The molecule has 0 aromatic rings. The molecule has 0 bridgehead atoms. The molecule has 1 rings (SSSR count). The van der Waals surface area contributed by atoms with E-state index in [1.54, 1.807) is 0 Å². The summed E-state index contributed by atoms with van der Waals surface area (Å²) in [6.07, 6.45) is 1.13. The SMILES string of the molecule is CN(C)C1(C#N)CSCCC1(C)C. The molecule has 0 aromatic carbocycles. The van der Waals surface area contributed by atoms with E-state index in [0.717, 1.165) is 12.2 Å². The summed E-state index contributed by atoms with van der Waals surface area (Å²) in [5, 5.41) is 9.34. The van der Waals surface area contributed by atoms with Gasteiger partial charge in [-0.15, -0.1) is 0 Å². The van der Waals surface area contributed by atoms with Crippen molar-refractivity contribution in [3.8, 4) is 6.07 Å². The van der Waals surface area contributed by atoms with Crippen molar-refractivity contribution in [2.45, 2.75) is 25.8 Å². The van der Waals surface area contributed by atoms with Gasteiger partial charge in [-0.1, -0.05) is 13.8 Å². The van der Waals surface area contributed by atoms with Gasteiger partial charge in [0.2, 0.25) is 0 Å². The number of nitrogens with zero attached hydrogens (tertiary/aromatic N) is 2. The molecular formula is C10H18N2S. The van der Waals surface area contributed by atoms with E-state index in [1.807, 2.05) is 25.9 Å². The lowest BCUT2D eigenvalue weighted by atomic mass is 9.71. The van der Waals surface area contributed by atoms with Crippen LogP contribution >= 0.6 is 11.8 Å². The van der Waals surface area contributed by atoms with Gasteiger partial charge in [0.25, 0.3) is 0 Å². The molecule has 2 nitrogen and oxygen atoms in total. The van der Waals surface area contributed by atoms with E-state index in [-0.39, 0.29) is 11.0 Å². The van der Waals surface area contributed by atoms with Crippen LogP contribution in [0.15, 0.2) is 0 Å². The monoisotopic (exact) mass is 198 g/mol. The summed E-state index contributed by atoms with van der Waals surface area (Å²) in [4.78, 5) is 2.08. The molecule has 0 aromatic heterocycles. The maximum absolute atomic E-state index is 9.34. The molecule has 13 heavy (non-hydrogen) atoms. The van der Waals surface area contributed by atoms with Gasteiger partial charge in [0.15, 0.2) is 0 Å². The van der Waals surface area contributed by atoms with Gasteiger partial charge in [0.1, 0.15) is 5.54 Å². The van der Waals surface area contributed by atoms with E-state index in [2.05, 4.69) is 24.8 Å². The number of hydrogen-bond donors (Lipinski definition) is 0. The molecular weight excluding hydrogens is 180 g/mol. The molecule has 1 fully saturated rings. The third kappa shape index (κ3) is 1.58. The largest absolute Gasteiger partial charge is 0.291 e. The molecule has 1 unspecified atom stereocenters. The minimum absolute atomic E-state index is 0.108. The Kier molecular flexibility index (Phi) is 2.94. The van der Waals surface area contributed by atoms with Crippen molar-refractivity contribution in [2.24, 2.45) is 5.41 Å². The lowest BCUT2D eigenvalue weighted by molar-refractivity contribution is 0.0821. The molecule has 1 aliphatic heterocycles. The zero-order chi connectivity index (χ0) is 10.1. The first-order valence-electron chi connectivity index (χ1n) is 4.63. The van der Waals surface area contributed by atoms with Crippen LogP contribution in [-0.4, -0.2) is 36.0 Å². The van der Waals surface area contributed by atoms with Crippen LogP contribution in [0, 0.1) is 16.7 Å². The van der Waals surface area contributed by atoms with Gasteiger partial charge in [-0.2, -0.15) is 17.0 Å². The third-order valence-corrected chi connectivity index (χ3v) is 4.37. The molecule has 0 radical (unpaired) electrons.